The fourth-order valence-electron chi connectivity index (χ4n) is 5.11. The Balaban J connectivity index is 1.55. The van der Waals surface area contributed by atoms with Gasteiger partial charge >= 0.3 is 0 Å². The fourth-order valence-corrected chi connectivity index (χ4v) is 6.05. The lowest BCUT2D eigenvalue weighted by molar-refractivity contribution is 0.0391. The van der Waals surface area contributed by atoms with E-state index < -0.39 is 0 Å². The van der Waals surface area contributed by atoms with Crippen LogP contribution in [0.1, 0.15) is 48.9 Å². The Morgan fingerprint density at radius 1 is 1.15 bits per heavy atom. The summed E-state index contributed by atoms with van der Waals surface area (Å²) in [4.78, 5) is 15.8. The minimum Gasteiger partial charge on any atom is -0.335 e. The number of amides is 1. The summed E-state index contributed by atoms with van der Waals surface area (Å²) in [5.74, 6) is 0.864. The highest BCUT2D eigenvalue weighted by Gasteiger charge is 2.37. The largest absolute Gasteiger partial charge is 0.335 e. The van der Waals surface area contributed by atoms with Gasteiger partial charge in [0.1, 0.15) is 0 Å². The molecule has 2 aromatic heterocycles. The average Bonchev–Trinajstić information content (AvgIpc) is 3.30. The molecule has 1 saturated heterocycles. The van der Waals surface area contributed by atoms with E-state index in [1.165, 1.54) is 35.8 Å². The van der Waals surface area contributed by atoms with Gasteiger partial charge in [-0.15, -0.1) is 11.3 Å². The van der Waals surface area contributed by atoms with Gasteiger partial charge in [-0.3, -0.25) is 9.48 Å². The van der Waals surface area contributed by atoms with Crippen molar-refractivity contribution in [2.75, 3.05) is 6.54 Å². The van der Waals surface area contributed by atoms with Crippen LogP contribution < -0.4 is 0 Å². The number of hydrogen-bond donors (Lipinski definition) is 0. The Morgan fingerprint density at radius 3 is 2.89 bits per heavy atom. The van der Waals surface area contributed by atoms with Gasteiger partial charge in [-0.2, -0.15) is 5.10 Å². The smallest absolute Gasteiger partial charge is 0.257 e. The molecule has 140 valence electrons. The minimum atomic E-state index is 0.171. The van der Waals surface area contributed by atoms with Gasteiger partial charge in [0.05, 0.1) is 17.5 Å². The highest BCUT2D eigenvalue weighted by atomic mass is 32.1. The topological polar surface area (TPSA) is 38.1 Å². The number of nitrogens with zero attached hydrogens (tertiary/aromatic N) is 3. The van der Waals surface area contributed by atoms with Crippen LogP contribution in [0.25, 0.3) is 21.3 Å². The van der Waals surface area contributed by atoms with Gasteiger partial charge in [0.15, 0.2) is 0 Å². The predicted molar refractivity (Wildman–Crippen MR) is 110 cm³/mol. The van der Waals surface area contributed by atoms with Crippen molar-refractivity contribution in [3.8, 4) is 11.3 Å². The summed E-state index contributed by atoms with van der Waals surface area (Å²) in [6.07, 6.45) is 9.20. The molecule has 4 nitrogen and oxygen atoms in total. The maximum absolute atomic E-state index is 13.6. The van der Waals surface area contributed by atoms with E-state index in [2.05, 4.69) is 39.6 Å². The van der Waals surface area contributed by atoms with Crippen molar-refractivity contribution < 1.29 is 4.79 Å². The maximum Gasteiger partial charge on any atom is 0.257 e. The van der Waals surface area contributed by atoms with Crippen LogP contribution in [0, 0.1) is 5.92 Å². The number of likely N-dealkylation sites (tertiary alicyclic amines) is 1. The number of aromatic nitrogens is 2. The van der Waals surface area contributed by atoms with Crippen LogP contribution >= 0.6 is 11.3 Å². The first-order chi connectivity index (χ1) is 13.2. The van der Waals surface area contributed by atoms with Gasteiger partial charge in [-0.25, -0.2) is 0 Å². The summed E-state index contributed by atoms with van der Waals surface area (Å²) in [5.41, 5.74) is 2.83. The van der Waals surface area contributed by atoms with E-state index in [0.717, 1.165) is 36.2 Å². The fraction of sp³-hybridized carbons (Fsp3) is 0.455. The van der Waals surface area contributed by atoms with Gasteiger partial charge in [0.2, 0.25) is 0 Å². The Hall–Kier alpha value is -2.14. The van der Waals surface area contributed by atoms with Crippen molar-refractivity contribution in [3.63, 3.8) is 0 Å². The van der Waals surface area contributed by atoms with E-state index in [-0.39, 0.29) is 5.91 Å². The normalized spacial score (nSPS) is 22.8. The molecule has 3 heterocycles. The van der Waals surface area contributed by atoms with Crippen molar-refractivity contribution in [2.45, 2.75) is 44.6 Å². The zero-order valence-corrected chi connectivity index (χ0v) is 16.5. The zero-order valence-electron chi connectivity index (χ0n) is 15.7. The number of carbonyl (C=O) groups excluding carboxylic acids is 1. The number of fused-ring (bicyclic) bond motifs is 2. The van der Waals surface area contributed by atoms with Gasteiger partial charge < -0.3 is 4.90 Å². The highest BCUT2D eigenvalue weighted by molar-refractivity contribution is 7.17. The molecule has 0 N–H and O–H groups in total. The lowest BCUT2D eigenvalue weighted by Gasteiger charge is -2.44. The number of aryl methyl sites for hydroxylation is 1. The molecule has 1 saturated carbocycles. The standard InChI is InChI=1S/C22H25N3OS/c1-24-21(18-14-27-20-11-5-3-9-16(18)20)17(13-23-24)22(26)25-12-6-8-15-7-2-4-10-19(15)25/h3,5,9,11,13-15,19H,2,4,6-8,10,12H2,1H3. The summed E-state index contributed by atoms with van der Waals surface area (Å²) >= 11 is 1.73. The monoisotopic (exact) mass is 379 g/mol. The second kappa shape index (κ2) is 6.79. The maximum atomic E-state index is 13.6. The number of hydrogen-bond acceptors (Lipinski definition) is 3. The van der Waals surface area contributed by atoms with Crippen molar-refractivity contribution in [1.82, 2.24) is 14.7 Å². The molecular formula is C22H25N3OS. The SMILES string of the molecule is Cn1ncc(C(=O)N2CCCC3CCCCC32)c1-c1csc2ccccc12. The highest BCUT2D eigenvalue weighted by Crippen LogP contribution is 2.39. The molecule has 2 fully saturated rings. The molecule has 2 unspecified atom stereocenters. The summed E-state index contributed by atoms with van der Waals surface area (Å²) in [7, 11) is 1.94. The van der Waals surface area contributed by atoms with Gasteiger partial charge in [-0.1, -0.05) is 31.0 Å². The van der Waals surface area contributed by atoms with Crippen LogP contribution in [-0.4, -0.2) is 33.2 Å². The van der Waals surface area contributed by atoms with Crippen LogP contribution in [0.4, 0.5) is 0 Å². The summed E-state index contributed by atoms with van der Waals surface area (Å²) in [6, 6.07) is 8.83. The lowest BCUT2D eigenvalue weighted by Crippen LogP contribution is -2.49. The number of carbonyl (C=O) groups is 1. The molecule has 3 aromatic rings. The van der Waals surface area contributed by atoms with Crippen LogP contribution in [0.15, 0.2) is 35.8 Å². The number of piperidine rings is 1. The van der Waals surface area contributed by atoms with E-state index in [1.54, 1.807) is 17.5 Å². The summed E-state index contributed by atoms with van der Waals surface area (Å²) in [6.45, 7) is 0.888. The van der Waals surface area contributed by atoms with E-state index in [4.69, 9.17) is 0 Å². The summed E-state index contributed by atoms with van der Waals surface area (Å²) in [5, 5.41) is 7.84. The first kappa shape index (κ1) is 17.0. The number of rotatable bonds is 2. The molecule has 5 heteroatoms. The van der Waals surface area contributed by atoms with Crippen molar-refractivity contribution in [3.05, 3.63) is 41.4 Å². The Bertz CT molecular complexity index is 987. The van der Waals surface area contributed by atoms with E-state index >= 15 is 0 Å². The minimum absolute atomic E-state index is 0.171. The van der Waals surface area contributed by atoms with E-state index in [9.17, 15) is 4.79 Å². The predicted octanol–water partition coefficient (Wildman–Crippen LogP) is 5.10. The van der Waals surface area contributed by atoms with Crippen molar-refractivity contribution in [2.24, 2.45) is 13.0 Å². The quantitative estimate of drug-likeness (QED) is 0.621. The molecule has 2 aliphatic rings. The van der Waals surface area contributed by atoms with E-state index in [1.807, 2.05) is 11.7 Å². The Labute approximate surface area is 163 Å². The van der Waals surface area contributed by atoms with Gasteiger partial charge in [0, 0.05) is 40.7 Å². The van der Waals surface area contributed by atoms with Crippen LogP contribution in [-0.2, 0) is 7.05 Å². The molecule has 0 radical (unpaired) electrons. The van der Waals surface area contributed by atoms with Crippen LogP contribution in [0.2, 0.25) is 0 Å². The van der Waals surface area contributed by atoms with Gasteiger partial charge in [-0.05, 0) is 37.7 Å². The number of thiophene rings is 1. The Morgan fingerprint density at radius 2 is 1.96 bits per heavy atom. The third kappa shape index (κ3) is 2.80. The first-order valence-corrected chi connectivity index (χ1v) is 10.9. The number of benzene rings is 1. The zero-order chi connectivity index (χ0) is 18.4. The second-order valence-corrected chi connectivity index (χ2v) is 8.84. The summed E-state index contributed by atoms with van der Waals surface area (Å²) < 4.78 is 3.11. The molecule has 1 aromatic carbocycles. The van der Waals surface area contributed by atoms with Gasteiger partial charge in [0.25, 0.3) is 5.91 Å². The van der Waals surface area contributed by atoms with Crippen LogP contribution in [0.5, 0.6) is 0 Å². The first-order valence-electron chi connectivity index (χ1n) is 10.0. The Kier molecular flexibility index (Phi) is 4.27. The molecule has 1 amide bonds. The molecule has 0 bridgehead atoms. The average molecular weight is 380 g/mol. The lowest BCUT2D eigenvalue weighted by atomic mass is 9.78. The molecule has 1 aliphatic heterocycles. The molecule has 2 atom stereocenters. The van der Waals surface area contributed by atoms with E-state index in [0.29, 0.717) is 12.0 Å². The third-order valence-electron chi connectivity index (χ3n) is 6.41. The molecule has 27 heavy (non-hydrogen) atoms. The molecule has 0 spiro atoms. The van der Waals surface area contributed by atoms with Crippen LogP contribution in [0.3, 0.4) is 0 Å². The molecular weight excluding hydrogens is 354 g/mol. The molecule has 1 aliphatic carbocycles. The van der Waals surface area contributed by atoms with Crippen molar-refractivity contribution in [1.29, 1.82) is 0 Å². The molecule has 5 rings (SSSR count). The third-order valence-corrected chi connectivity index (χ3v) is 7.37. The second-order valence-electron chi connectivity index (χ2n) is 7.93. The van der Waals surface area contributed by atoms with Crippen molar-refractivity contribution >= 4 is 27.3 Å².